The monoisotopic (exact) mass is 386 g/mol. The second-order valence-corrected chi connectivity index (χ2v) is 6.28. The van der Waals surface area contributed by atoms with Crippen molar-refractivity contribution < 1.29 is 19.4 Å². The Morgan fingerprint density at radius 1 is 1.27 bits per heavy atom. The van der Waals surface area contributed by atoms with Gasteiger partial charge in [0.1, 0.15) is 11.1 Å². The number of amides is 1. The largest absolute Gasteiger partial charge is 0.379 e. The summed E-state index contributed by atoms with van der Waals surface area (Å²) in [7, 11) is 0. The molecule has 1 N–H and O–H groups in total. The molecule has 0 aliphatic carbocycles. The molecule has 1 saturated heterocycles. The van der Waals surface area contributed by atoms with Gasteiger partial charge in [-0.25, -0.2) is 0 Å². The van der Waals surface area contributed by atoms with E-state index in [-0.39, 0.29) is 5.56 Å². The van der Waals surface area contributed by atoms with Crippen molar-refractivity contribution in [3.05, 3.63) is 44.0 Å². The lowest BCUT2D eigenvalue weighted by Gasteiger charge is -2.26. The van der Waals surface area contributed by atoms with Crippen LogP contribution in [0, 0.1) is 20.2 Å². The highest BCUT2D eigenvalue weighted by Crippen LogP contribution is 2.25. The zero-order chi connectivity index (χ0) is 19.1. The molecule has 26 heavy (non-hydrogen) atoms. The normalized spacial score (nSPS) is 16.0. The number of morpholine rings is 1. The van der Waals surface area contributed by atoms with Crippen LogP contribution in [0.15, 0.2) is 18.2 Å². The molecule has 0 radical (unpaired) electrons. The SMILES string of the molecule is O=C(NC(Cl)CCCN1CCOCC1)c1ccc([N+](=O)[O-])cc1[N+](=O)[O-]. The minimum absolute atomic E-state index is 0.264. The lowest BCUT2D eigenvalue weighted by atomic mass is 10.1. The third kappa shape index (κ3) is 5.61. The number of nitro benzene ring substituents is 2. The minimum Gasteiger partial charge on any atom is -0.379 e. The highest BCUT2D eigenvalue weighted by atomic mass is 35.5. The van der Waals surface area contributed by atoms with E-state index in [2.05, 4.69) is 10.2 Å². The summed E-state index contributed by atoms with van der Waals surface area (Å²) in [6.45, 7) is 3.93. The van der Waals surface area contributed by atoms with Gasteiger partial charge < -0.3 is 10.1 Å². The maximum Gasteiger partial charge on any atom is 0.289 e. The summed E-state index contributed by atoms with van der Waals surface area (Å²) in [5.41, 5.74) is -2.05. The van der Waals surface area contributed by atoms with Crippen molar-refractivity contribution in [2.45, 2.75) is 18.3 Å². The Kier molecular flexibility index (Phi) is 7.25. The van der Waals surface area contributed by atoms with E-state index in [4.69, 9.17) is 16.3 Å². The smallest absolute Gasteiger partial charge is 0.289 e. The van der Waals surface area contributed by atoms with E-state index in [0.717, 1.165) is 44.3 Å². The second kappa shape index (κ2) is 9.41. The molecule has 1 aromatic carbocycles. The van der Waals surface area contributed by atoms with Crippen molar-refractivity contribution in [1.29, 1.82) is 0 Å². The average Bonchev–Trinajstić information content (AvgIpc) is 2.61. The van der Waals surface area contributed by atoms with Crippen molar-refractivity contribution >= 4 is 28.9 Å². The van der Waals surface area contributed by atoms with Gasteiger partial charge in [-0.2, -0.15) is 0 Å². The number of rotatable bonds is 8. The van der Waals surface area contributed by atoms with Crippen molar-refractivity contribution in [2.24, 2.45) is 0 Å². The topological polar surface area (TPSA) is 128 Å². The molecule has 1 amide bonds. The Morgan fingerprint density at radius 2 is 1.96 bits per heavy atom. The maximum atomic E-state index is 12.2. The van der Waals surface area contributed by atoms with E-state index < -0.39 is 32.6 Å². The number of hydrogen-bond donors (Lipinski definition) is 1. The van der Waals surface area contributed by atoms with Gasteiger partial charge in [0.15, 0.2) is 0 Å². The molecule has 1 aromatic rings. The number of non-ortho nitro benzene ring substituents is 1. The molecule has 11 heteroatoms. The quantitative estimate of drug-likeness (QED) is 0.312. The number of ether oxygens (including phenoxy) is 1. The number of benzene rings is 1. The predicted molar refractivity (Wildman–Crippen MR) is 93.4 cm³/mol. The standard InChI is InChI=1S/C15H19ClN4O6/c16-14(2-1-5-18-6-8-26-9-7-18)17-15(21)12-4-3-11(19(22)23)10-13(12)20(24)25/h3-4,10,14H,1-2,5-9H2,(H,17,21). The Bertz CT molecular complexity index is 680. The first-order valence-corrected chi connectivity index (χ1v) is 8.50. The van der Waals surface area contributed by atoms with Crippen LogP contribution >= 0.6 is 11.6 Å². The average molecular weight is 387 g/mol. The molecule has 1 heterocycles. The van der Waals surface area contributed by atoms with E-state index in [1.807, 2.05) is 0 Å². The molecule has 1 fully saturated rings. The maximum absolute atomic E-state index is 12.2. The summed E-state index contributed by atoms with van der Waals surface area (Å²) in [5, 5.41) is 24.3. The highest BCUT2D eigenvalue weighted by Gasteiger charge is 2.25. The van der Waals surface area contributed by atoms with Crippen LogP contribution in [0.3, 0.4) is 0 Å². The van der Waals surface area contributed by atoms with Crippen LogP contribution in [0.25, 0.3) is 0 Å². The molecule has 10 nitrogen and oxygen atoms in total. The Labute approximate surface area is 154 Å². The number of hydrogen-bond acceptors (Lipinski definition) is 7. The van der Waals surface area contributed by atoms with Crippen LogP contribution in [-0.2, 0) is 4.74 Å². The zero-order valence-electron chi connectivity index (χ0n) is 13.9. The number of nitrogens with zero attached hydrogens (tertiary/aromatic N) is 3. The summed E-state index contributed by atoms with van der Waals surface area (Å²) >= 11 is 6.10. The van der Waals surface area contributed by atoms with Gasteiger partial charge in [0.25, 0.3) is 17.3 Å². The molecule has 1 atom stereocenters. The fourth-order valence-corrected chi connectivity index (χ4v) is 2.84. The lowest BCUT2D eigenvalue weighted by Crippen LogP contribution is -2.37. The molecule has 0 spiro atoms. The zero-order valence-corrected chi connectivity index (χ0v) is 14.7. The number of carbonyl (C=O) groups excluding carboxylic acids is 1. The van der Waals surface area contributed by atoms with E-state index >= 15 is 0 Å². The summed E-state index contributed by atoms with van der Waals surface area (Å²) in [5.74, 6) is -0.738. The Balaban J connectivity index is 1.91. The van der Waals surface area contributed by atoms with E-state index in [9.17, 15) is 25.0 Å². The van der Waals surface area contributed by atoms with Gasteiger partial charge >= 0.3 is 0 Å². The molecule has 1 unspecified atom stereocenters. The molecule has 0 bridgehead atoms. The third-order valence-electron chi connectivity index (χ3n) is 3.96. The Morgan fingerprint density at radius 3 is 2.58 bits per heavy atom. The van der Waals surface area contributed by atoms with Gasteiger partial charge in [0.05, 0.1) is 29.1 Å². The molecule has 0 saturated carbocycles. The highest BCUT2D eigenvalue weighted by molar-refractivity contribution is 6.21. The number of alkyl halides is 1. The third-order valence-corrected chi connectivity index (χ3v) is 4.28. The molecular weight excluding hydrogens is 368 g/mol. The first-order valence-electron chi connectivity index (χ1n) is 8.06. The van der Waals surface area contributed by atoms with Gasteiger partial charge in [-0.3, -0.25) is 29.9 Å². The first kappa shape index (κ1) is 20.0. The Hall–Kier alpha value is -2.30. The van der Waals surface area contributed by atoms with Crippen LogP contribution in [0.5, 0.6) is 0 Å². The fourth-order valence-electron chi connectivity index (χ4n) is 2.59. The predicted octanol–water partition coefficient (Wildman–Crippen LogP) is 1.91. The van der Waals surface area contributed by atoms with Gasteiger partial charge in [0.2, 0.25) is 0 Å². The summed E-state index contributed by atoms with van der Waals surface area (Å²) < 4.78 is 5.26. The van der Waals surface area contributed by atoms with Crippen molar-refractivity contribution in [3.8, 4) is 0 Å². The van der Waals surface area contributed by atoms with Gasteiger partial charge in [-0.05, 0) is 25.5 Å². The number of nitrogens with one attached hydrogen (secondary N) is 1. The first-order chi connectivity index (χ1) is 12.4. The van der Waals surface area contributed by atoms with Crippen molar-refractivity contribution in [1.82, 2.24) is 10.2 Å². The minimum atomic E-state index is -0.830. The van der Waals surface area contributed by atoms with Gasteiger partial charge in [0, 0.05) is 19.2 Å². The summed E-state index contributed by atoms with van der Waals surface area (Å²) in [6, 6.07) is 2.86. The molecule has 1 aliphatic rings. The van der Waals surface area contributed by atoms with Crippen LogP contribution in [-0.4, -0.2) is 59.0 Å². The molecule has 1 aliphatic heterocycles. The number of nitro groups is 2. The molecule has 2 rings (SSSR count). The molecule has 0 aromatic heterocycles. The second-order valence-electron chi connectivity index (χ2n) is 5.75. The van der Waals surface area contributed by atoms with Crippen molar-refractivity contribution in [3.63, 3.8) is 0 Å². The van der Waals surface area contributed by atoms with Crippen LogP contribution in [0.1, 0.15) is 23.2 Å². The van der Waals surface area contributed by atoms with Gasteiger partial charge in [-0.15, -0.1) is 0 Å². The van der Waals surface area contributed by atoms with Gasteiger partial charge in [-0.1, -0.05) is 11.6 Å². The summed E-state index contributed by atoms with van der Waals surface area (Å²) in [4.78, 5) is 34.7. The summed E-state index contributed by atoms with van der Waals surface area (Å²) in [6.07, 6.45) is 1.24. The van der Waals surface area contributed by atoms with E-state index in [1.165, 1.54) is 0 Å². The molecule has 142 valence electrons. The van der Waals surface area contributed by atoms with E-state index in [0.29, 0.717) is 19.6 Å². The van der Waals surface area contributed by atoms with Crippen LogP contribution in [0.4, 0.5) is 11.4 Å². The lowest BCUT2D eigenvalue weighted by molar-refractivity contribution is -0.394. The van der Waals surface area contributed by atoms with E-state index in [1.54, 1.807) is 0 Å². The van der Waals surface area contributed by atoms with Crippen molar-refractivity contribution in [2.75, 3.05) is 32.8 Å². The van der Waals surface area contributed by atoms with Crippen LogP contribution in [0.2, 0.25) is 0 Å². The number of halogens is 1. The fraction of sp³-hybridized carbons (Fsp3) is 0.533. The molecular formula is C15H19ClN4O6. The van der Waals surface area contributed by atoms with Crippen LogP contribution < -0.4 is 5.32 Å². The number of carbonyl (C=O) groups is 1.